The summed E-state index contributed by atoms with van der Waals surface area (Å²) >= 11 is 5.56. The van der Waals surface area contributed by atoms with E-state index in [9.17, 15) is 17.6 Å². The van der Waals surface area contributed by atoms with Crippen molar-refractivity contribution in [2.24, 2.45) is 5.73 Å². The van der Waals surface area contributed by atoms with Crippen LogP contribution in [0.15, 0.2) is 18.2 Å². The summed E-state index contributed by atoms with van der Waals surface area (Å²) < 4.78 is 55.0. The maximum Gasteiger partial charge on any atom is 0.426 e. The number of halogens is 5. The molecule has 0 aliphatic carbocycles. The lowest BCUT2D eigenvalue weighted by molar-refractivity contribution is -0.199. The van der Waals surface area contributed by atoms with E-state index in [0.29, 0.717) is 0 Å². The Bertz CT molecular complexity index is 394. The first-order chi connectivity index (χ1) is 7.71. The van der Waals surface area contributed by atoms with Crippen molar-refractivity contribution in [2.75, 3.05) is 0 Å². The molecule has 0 aliphatic heterocycles. The average molecular weight is 272 g/mol. The van der Waals surface area contributed by atoms with Crippen LogP contribution in [0.4, 0.5) is 17.6 Å². The number of ether oxygens (including phenoxy) is 1. The van der Waals surface area contributed by atoms with E-state index >= 15 is 0 Å². The van der Waals surface area contributed by atoms with Crippen molar-refractivity contribution < 1.29 is 22.3 Å². The van der Waals surface area contributed by atoms with Crippen molar-refractivity contribution in [3.05, 3.63) is 29.0 Å². The van der Waals surface area contributed by atoms with Crippen LogP contribution in [0.1, 0.15) is 6.92 Å². The molecular weight excluding hydrogens is 262 g/mol. The summed E-state index contributed by atoms with van der Waals surface area (Å²) in [7, 11) is 0. The van der Waals surface area contributed by atoms with Crippen molar-refractivity contribution in [2.45, 2.75) is 25.2 Å². The number of nitrogens with two attached hydrogens (primary N) is 1. The fourth-order valence-electron chi connectivity index (χ4n) is 1.18. The zero-order valence-electron chi connectivity index (χ0n) is 8.76. The molecule has 0 aromatic heterocycles. The summed E-state index contributed by atoms with van der Waals surface area (Å²) in [6, 6.07) is 1.58. The minimum absolute atomic E-state index is 0.236. The monoisotopic (exact) mass is 271 g/mol. The van der Waals surface area contributed by atoms with E-state index in [0.717, 1.165) is 25.1 Å². The van der Waals surface area contributed by atoms with E-state index < -0.39 is 24.1 Å². The molecule has 1 aromatic carbocycles. The van der Waals surface area contributed by atoms with Gasteiger partial charge in [-0.15, -0.1) is 0 Å². The van der Waals surface area contributed by atoms with Crippen molar-refractivity contribution in [3.63, 3.8) is 0 Å². The summed E-state index contributed by atoms with van der Waals surface area (Å²) in [6.45, 7) is 1.16. The highest BCUT2D eigenvalue weighted by atomic mass is 35.5. The number of alkyl halides is 3. The highest BCUT2D eigenvalue weighted by Gasteiger charge is 2.44. The molecule has 0 radical (unpaired) electrons. The van der Waals surface area contributed by atoms with Gasteiger partial charge >= 0.3 is 6.18 Å². The van der Waals surface area contributed by atoms with Gasteiger partial charge in [0, 0.05) is 6.04 Å². The molecule has 2 unspecified atom stereocenters. The topological polar surface area (TPSA) is 35.2 Å². The van der Waals surface area contributed by atoms with Gasteiger partial charge in [0.2, 0.25) is 6.10 Å². The summed E-state index contributed by atoms with van der Waals surface area (Å²) in [5.41, 5.74) is 5.19. The number of hydrogen-bond donors (Lipinski definition) is 1. The molecular formula is C10H10ClF4NO. The van der Waals surface area contributed by atoms with Crippen LogP contribution >= 0.6 is 11.6 Å². The van der Waals surface area contributed by atoms with E-state index in [2.05, 4.69) is 4.74 Å². The van der Waals surface area contributed by atoms with Crippen LogP contribution < -0.4 is 10.5 Å². The largest absolute Gasteiger partial charge is 0.478 e. The Balaban J connectivity index is 2.94. The molecule has 1 aromatic rings. The second-order valence-electron chi connectivity index (χ2n) is 3.51. The van der Waals surface area contributed by atoms with Gasteiger partial charge < -0.3 is 10.5 Å². The van der Waals surface area contributed by atoms with Crippen LogP contribution in [0.25, 0.3) is 0 Å². The summed E-state index contributed by atoms with van der Waals surface area (Å²) in [6.07, 6.45) is -6.81. The van der Waals surface area contributed by atoms with Gasteiger partial charge in [-0.3, -0.25) is 0 Å². The fraction of sp³-hybridized carbons (Fsp3) is 0.400. The number of hydrogen-bond acceptors (Lipinski definition) is 2. The standard InChI is InChI=1S/C10H10ClF4NO/c1-5(16)9(10(13,14)15)17-8-3-2-6(12)4-7(8)11/h2-5,9H,16H2,1H3. The van der Waals surface area contributed by atoms with Crippen LogP contribution in [0.3, 0.4) is 0 Å². The molecule has 0 heterocycles. The Kier molecular flexibility index (Phi) is 4.21. The van der Waals surface area contributed by atoms with Crippen LogP contribution in [0.2, 0.25) is 5.02 Å². The minimum atomic E-state index is -4.62. The second kappa shape index (κ2) is 5.10. The molecule has 96 valence electrons. The maximum absolute atomic E-state index is 12.7. The summed E-state index contributed by atoms with van der Waals surface area (Å²) in [5.74, 6) is -0.917. The van der Waals surface area contributed by atoms with Gasteiger partial charge in [0.05, 0.1) is 5.02 Å². The molecule has 0 fully saturated rings. The third-order valence-electron chi connectivity index (χ3n) is 1.95. The van der Waals surface area contributed by atoms with Crippen LogP contribution in [0.5, 0.6) is 5.75 Å². The minimum Gasteiger partial charge on any atom is -0.478 e. The molecule has 2 atom stereocenters. The van der Waals surface area contributed by atoms with Gasteiger partial charge in [-0.25, -0.2) is 4.39 Å². The Morgan fingerprint density at radius 3 is 2.35 bits per heavy atom. The summed E-state index contributed by atoms with van der Waals surface area (Å²) in [5, 5.41) is -0.236. The van der Waals surface area contributed by atoms with Crippen LogP contribution in [-0.2, 0) is 0 Å². The molecule has 17 heavy (non-hydrogen) atoms. The molecule has 0 bridgehead atoms. The first-order valence-corrected chi connectivity index (χ1v) is 5.03. The van der Waals surface area contributed by atoms with Crippen LogP contribution in [-0.4, -0.2) is 18.3 Å². The van der Waals surface area contributed by atoms with E-state index in [4.69, 9.17) is 17.3 Å². The third-order valence-corrected chi connectivity index (χ3v) is 2.24. The average Bonchev–Trinajstić information content (AvgIpc) is 2.13. The molecule has 0 saturated heterocycles. The normalized spacial score (nSPS) is 15.5. The number of rotatable bonds is 3. The van der Waals surface area contributed by atoms with Gasteiger partial charge in [0.15, 0.2) is 0 Å². The van der Waals surface area contributed by atoms with E-state index in [1.807, 2.05) is 0 Å². The highest BCUT2D eigenvalue weighted by Crippen LogP contribution is 2.31. The number of benzene rings is 1. The quantitative estimate of drug-likeness (QED) is 0.857. The predicted molar refractivity (Wildman–Crippen MR) is 55.5 cm³/mol. The van der Waals surface area contributed by atoms with Crippen molar-refractivity contribution in [1.29, 1.82) is 0 Å². The molecule has 7 heteroatoms. The highest BCUT2D eigenvalue weighted by molar-refractivity contribution is 6.32. The lowest BCUT2D eigenvalue weighted by Gasteiger charge is -2.25. The Morgan fingerprint density at radius 1 is 1.35 bits per heavy atom. The van der Waals surface area contributed by atoms with Gasteiger partial charge in [-0.1, -0.05) is 11.6 Å². The molecule has 0 spiro atoms. The van der Waals surface area contributed by atoms with Gasteiger partial charge in [0.25, 0.3) is 0 Å². The van der Waals surface area contributed by atoms with E-state index in [1.54, 1.807) is 0 Å². The Morgan fingerprint density at radius 2 is 1.94 bits per heavy atom. The van der Waals surface area contributed by atoms with Crippen molar-refractivity contribution >= 4 is 11.6 Å². The van der Waals surface area contributed by atoms with Gasteiger partial charge in [-0.05, 0) is 25.1 Å². The SMILES string of the molecule is CC(N)C(Oc1ccc(F)cc1Cl)C(F)(F)F. The van der Waals surface area contributed by atoms with E-state index in [-0.39, 0.29) is 10.8 Å². The third kappa shape index (κ3) is 3.74. The van der Waals surface area contributed by atoms with Gasteiger partial charge in [0.1, 0.15) is 11.6 Å². The Labute approximate surface area is 100 Å². The molecule has 2 nitrogen and oxygen atoms in total. The van der Waals surface area contributed by atoms with Gasteiger partial charge in [-0.2, -0.15) is 13.2 Å². The fourth-order valence-corrected chi connectivity index (χ4v) is 1.39. The first-order valence-electron chi connectivity index (χ1n) is 4.66. The first kappa shape index (κ1) is 14.1. The van der Waals surface area contributed by atoms with Crippen LogP contribution in [0, 0.1) is 5.82 Å². The molecule has 2 N–H and O–H groups in total. The predicted octanol–water partition coefficient (Wildman–Crippen LogP) is 3.14. The zero-order chi connectivity index (χ0) is 13.2. The smallest absolute Gasteiger partial charge is 0.426 e. The van der Waals surface area contributed by atoms with Crippen molar-refractivity contribution in [1.82, 2.24) is 0 Å². The lowest BCUT2D eigenvalue weighted by atomic mass is 10.2. The second-order valence-corrected chi connectivity index (χ2v) is 3.92. The summed E-state index contributed by atoms with van der Waals surface area (Å²) in [4.78, 5) is 0. The van der Waals surface area contributed by atoms with Crippen molar-refractivity contribution in [3.8, 4) is 5.75 Å². The lowest BCUT2D eigenvalue weighted by Crippen LogP contribution is -2.47. The zero-order valence-corrected chi connectivity index (χ0v) is 9.52. The van der Waals surface area contributed by atoms with E-state index in [1.165, 1.54) is 0 Å². The molecule has 1 rings (SSSR count). The molecule has 0 amide bonds. The molecule has 0 aliphatic rings. The molecule has 0 saturated carbocycles. The maximum atomic E-state index is 12.7. The Hall–Kier alpha value is -1.01.